The topological polar surface area (TPSA) is 90.0 Å². The molecule has 3 N–H and O–H groups in total. The molecule has 0 unspecified atom stereocenters. The normalized spacial score (nSPS) is 12.7. The molecule has 6 nitrogen and oxygen atoms in total. The van der Waals surface area contributed by atoms with Gasteiger partial charge in [-0.2, -0.15) is 5.10 Å². The third kappa shape index (κ3) is 4.27. The highest BCUT2D eigenvalue weighted by atomic mass is 32.1. The van der Waals surface area contributed by atoms with E-state index in [2.05, 4.69) is 10.4 Å². The molecule has 170 valence electrons. The second-order valence-electron chi connectivity index (χ2n) is 7.97. The number of hydrogen-bond acceptors (Lipinski definition) is 4. The summed E-state index contributed by atoms with van der Waals surface area (Å²) >= 11 is 1.41. The van der Waals surface area contributed by atoms with Crippen LogP contribution >= 0.6 is 11.3 Å². The number of benzene rings is 2. The van der Waals surface area contributed by atoms with Crippen molar-refractivity contribution in [1.29, 1.82) is 0 Å². The fraction of sp³-hybridized carbons (Fsp3) is 0.115. The number of primary amides is 1. The first-order chi connectivity index (χ1) is 16.5. The van der Waals surface area contributed by atoms with E-state index >= 15 is 0 Å². The summed E-state index contributed by atoms with van der Waals surface area (Å²) in [4.78, 5) is 25.8. The fourth-order valence-corrected chi connectivity index (χ4v) is 5.42. The number of fused-ring (bicyclic) bond motifs is 1. The molecule has 2 heterocycles. The lowest BCUT2D eigenvalue weighted by Crippen LogP contribution is -2.16. The van der Waals surface area contributed by atoms with Gasteiger partial charge in [0.1, 0.15) is 10.8 Å². The van der Waals surface area contributed by atoms with Crippen molar-refractivity contribution in [2.45, 2.75) is 19.3 Å². The zero-order valence-electron chi connectivity index (χ0n) is 18.1. The molecule has 0 spiro atoms. The van der Waals surface area contributed by atoms with Crippen LogP contribution in [0.3, 0.4) is 0 Å². The number of carbonyl (C=O) groups is 2. The highest BCUT2D eigenvalue weighted by Gasteiger charge is 2.25. The Kier molecular flexibility index (Phi) is 5.81. The molecule has 0 saturated heterocycles. The number of hydrogen-bond donors (Lipinski definition) is 2. The van der Waals surface area contributed by atoms with E-state index in [-0.39, 0.29) is 11.7 Å². The first-order valence-corrected chi connectivity index (χ1v) is 11.7. The standard InChI is InChI=1S/C26H21FN4O2S/c27-18-12-9-16(10-13-18)24-17(15-31(30-24)19-5-2-1-3-6-19)11-14-22(32)29-26-23(25(28)33)20-7-4-8-21(20)34-26/h1-3,5-6,9-15H,4,7-8H2,(H2,28,33)(H,29,32)/b14-11+. The molecule has 4 aromatic rings. The van der Waals surface area contributed by atoms with Crippen molar-refractivity contribution in [2.75, 3.05) is 5.32 Å². The van der Waals surface area contributed by atoms with Crippen LogP contribution in [0.25, 0.3) is 23.0 Å². The predicted molar refractivity (Wildman–Crippen MR) is 131 cm³/mol. The Hall–Kier alpha value is -4.04. The van der Waals surface area contributed by atoms with Crippen molar-refractivity contribution in [2.24, 2.45) is 5.73 Å². The molecular formula is C26H21FN4O2S. The molecule has 5 rings (SSSR count). The summed E-state index contributed by atoms with van der Waals surface area (Å²) in [7, 11) is 0. The van der Waals surface area contributed by atoms with Crippen molar-refractivity contribution < 1.29 is 14.0 Å². The Morgan fingerprint density at radius 2 is 1.85 bits per heavy atom. The lowest BCUT2D eigenvalue weighted by molar-refractivity contribution is -0.111. The van der Waals surface area contributed by atoms with Gasteiger partial charge in [0.25, 0.3) is 5.91 Å². The number of nitrogens with one attached hydrogen (secondary N) is 1. The van der Waals surface area contributed by atoms with E-state index < -0.39 is 5.91 Å². The van der Waals surface area contributed by atoms with E-state index in [0.717, 1.165) is 41.0 Å². The minimum atomic E-state index is -0.526. The lowest BCUT2D eigenvalue weighted by atomic mass is 10.1. The van der Waals surface area contributed by atoms with E-state index in [1.54, 1.807) is 22.9 Å². The van der Waals surface area contributed by atoms with Gasteiger partial charge in [0.05, 0.1) is 16.9 Å². The van der Waals surface area contributed by atoms with Gasteiger partial charge in [0, 0.05) is 28.3 Å². The first-order valence-electron chi connectivity index (χ1n) is 10.8. The number of rotatable bonds is 6. The van der Waals surface area contributed by atoms with E-state index in [0.29, 0.717) is 21.8 Å². The summed E-state index contributed by atoms with van der Waals surface area (Å²) in [6.45, 7) is 0. The van der Waals surface area contributed by atoms with Crippen LogP contribution in [-0.4, -0.2) is 21.6 Å². The largest absolute Gasteiger partial charge is 0.365 e. The van der Waals surface area contributed by atoms with Gasteiger partial charge in [-0.1, -0.05) is 18.2 Å². The summed E-state index contributed by atoms with van der Waals surface area (Å²) < 4.78 is 15.2. The average molecular weight is 473 g/mol. The molecule has 34 heavy (non-hydrogen) atoms. The van der Waals surface area contributed by atoms with E-state index in [9.17, 15) is 14.0 Å². The number of amides is 2. The maximum Gasteiger partial charge on any atom is 0.251 e. The third-order valence-corrected chi connectivity index (χ3v) is 6.91. The smallest absolute Gasteiger partial charge is 0.251 e. The number of anilines is 1. The number of para-hydroxylation sites is 1. The Morgan fingerprint density at radius 1 is 1.09 bits per heavy atom. The van der Waals surface area contributed by atoms with Gasteiger partial charge < -0.3 is 11.1 Å². The van der Waals surface area contributed by atoms with Crippen molar-refractivity contribution in [3.05, 3.63) is 94.3 Å². The first kappa shape index (κ1) is 21.8. The maximum absolute atomic E-state index is 13.5. The predicted octanol–water partition coefficient (Wildman–Crippen LogP) is 4.98. The summed E-state index contributed by atoms with van der Waals surface area (Å²) in [6, 6.07) is 15.6. The van der Waals surface area contributed by atoms with Crippen molar-refractivity contribution >= 4 is 34.2 Å². The molecule has 0 bridgehead atoms. The van der Waals surface area contributed by atoms with Gasteiger partial charge >= 0.3 is 0 Å². The second-order valence-corrected chi connectivity index (χ2v) is 9.07. The molecule has 2 amide bonds. The summed E-state index contributed by atoms with van der Waals surface area (Å²) in [5.41, 5.74) is 9.84. The van der Waals surface area contributed by atoms with Gasteiger partial charge in [0.2, 0.25) is 5.91 Å². The Balaban J connectivity index is 1.45. The van der Waals surface area contributed by atoms with Crippen LogP contribution < -0.4 is 11.1 Å². The van der Waals surface area contributed by atoms with E-state index in [1.165, 1.54) is 29.5 Å². The monoisotopic (exact) mass is 472 g/mol. The zero-order valence-corrected chi connectivity index (χ0v) is 18.9. The van der Waals surface area contributed by atoms with Gasteiger partial charge in [0.15, 0.2) is 0 Å². The number of carbonyl (C=O) groups excluding carboxylic acids is 2. The highest BCUT2D eigenvalue weighted by Crippen LogP contribution is 2.38. The molecular weight excluding hydrogens is 451 g/mol. The Morgan fingerprint density at radius 3 is 2.59 bits per heavy atom. The Labute approximate surface area is 199 Å². The average Bonchev–Trinajstić information content (AvgIpc) is 3.53. The van der Waals surface area contributed by atoms with Crippen LogP contribution in [0.1, 0.15) is 32.8 Å². The number of nitrogens with zero attached hydrogens (tertiary/aromatic N) is 2. The molecule has 0 fully saturated rings. The SMILES string of the molecule is NC(=O)c1c(NC(=O)/C=C/c2cn(-c3ccccc3)nc2-c2ccc(F)cc2)sc2c1CCC2. The number of thiophene rings is 1. The van der Waals surface area contributed by atoms with Crippen molar-refractivity contribution in [1.82, 2.24) is 9.78 Å². The third-order valence-electron chi connectivity index (χ3n) is 5.70. The zero-order chi connectivity index (χ0) is 23.7. The van der Waals surface area contributed by atoms with Gasteiger partial charge in [-0.15, -0.1) is 11.3 Å². The van der Waals surface area contributed by atoms with Crippen LogP contribution in [-0.2, 0) is 17.6 Å². The van der Waals surface area contributed by atoms with Gasteiger partial charge in [-0.25, -0.2) is 9.07 Å². The minimum Gasteiger partial charge on any atom is -0.365 e. The summed E-state index contributed by atoms with van der Waals surface area (Å²) in [5.74, 6) is -1.24. The van der Waals surface area contributed by atoms with Crippen LogP contribution in [0, 0.1) is 5.82 Å². The second kappa shape index (κ2) is 9.07. The molecule has 1 aliphatic rings. The molecule has 8 heteroatoms. The summed E-state index contributed by atoms with van der Waals surface area (Å²) in [5, 5.41) is 7.97. The molecule has 0 atom stereocenters. The number of nitrogens with two attached hydrogens (primary N) is 1. The number of aryl methyl sites for hydroxylation is 1. The maximum atomic E-state index is 13.5. The molecule has 2 aromatic carbocycles. The Bertz CT molecular complexity index is 1400. The lowest BCUT2D eigenvalue weighted by Gasteiger charge is -2.03. The van der Waals surface area contributed by atoms with E-state index in [1.807, 2.05) is 36.5 Å². The fourth-order valence-electron chi connectivity index (χ4n) is 4.13. The molecule has 0 aliphatic heterocycles. The quantitative estimate of drug-likeness (QED) is 0.388. The minimum absolute atomic E-state index is 0.337. The number of aromatic nitrogens is 2. The van der Waals surface area contributed by atoms with E-state index in [4.69, 9.17) is 5.73 Å². The molecule has 1 aliphatic carbocycles. The van der Waals surface area contributed by atoms with Crippen LogP contribution in [0.4, 0.5) is 9.39 Å². The van der Waals surface area contributed by atoms with Gasteiger partial charge in [-0.05, 0) is 67.3 Å². The van der Waals surface area contributed by atoms with Crippen LogP contribution in [0.15, 0.2) is 66.9 Å². The van der Waals surface area contributed by atoms with Crippen LogP contribution in [0.2, 0.25) is 0 Å². The molecule has 0 radical (unpaired) electrons. The molecule has 2 aromatic heterocycles. The summed E-state index contributed by atoms with van der Waals surface area (Å²) in [6.07, 6.45) is 7.56. The van der Waals surface area contributed by atoms with Gasteiger partial charge in [-0.3, -0.25) is 9.59 Å². The van der Waals surface area contributed by atoms with Crippen LogP contribution in [0.5, 0.6) is 0 Å². The number of halogens is 1. The van der Waals surface area contributed by atoms with Crippen molar-refractivity contribution in [3.63, 3.8) is 0 Å². The highest BCUT2D eigenvalue weighted by molar-refractivity contribution is 7.17. The molecule has 0 saturated carbocycles. The van der Waals surface area contributed by atoms with Crippen molar-refractivity contribution in [3.8, 4) is 16.9 Å².